The third-order valence-electron chi connectivity index (χ3n) is 1.33. The zero-order chi connectivity index (χ0) is 7.78. The lowest BCUT2D eigenvalue weighted by Crippen LogP contribution is -2.19. The van der Waals surface area contributed by atoms with Crippen LogP contribution in [0.25, 0.3) is 0 Å². The minimum absolute atomic E-state index is 0.731. The van der Waals surface area contributed by atoms with E-state index in [1.807, 2.05) is 17.8 Å². The van der Waals surface area contributed by atoms with Crippen molar-refractivity contribution in [2.24, 2.45) is 12.2 Å². The first-order chi connectivity index (χ1) is 4.50. The maximum Gasteiger partial charge on any atom is 0.0442 e. The van der Waals surface area contributed by atoms with Crippen LogP contribution in [0.2, 0.25) is 0 Å². The zero-order valence-electron chi connectivity index (χ0n) is 6.11. The molecule has 0 aliphatic heterocycles. The summed E-state index contributed by atoms with van der Waals surface area (Å²) in [6.45, 7) is 0. The SMILES string of the molecule is Cn1ccc([SH](C)(N)=O)c1. The molecule has 4 heteroatoms. The number of nitrogens with two attached hydrogens (primary N) is 1. The molecule has 0 aliphatic rings. The molecule has 0 unspecified atom stereocenters. The Hall–Kier alpha value is -0.610. The molecule has 0 radical (unpaired) electrons. The summed E-state index contributed by atoms with van der Waals surface area (Å²) in [5.74, 6) is 0. The number of thiol groups is 1. The molecule has 2 N–H and O–H groups in total. The molecule has 0 amide bonds. The van der Waals surface area contributed by atoms with Crippen LogP contribution in [-0.4, -0.2) is 15.0 Å². The fourth-order valence-electron chi connectivity index (χ4n) is 0.751. The van der Waals surface area contributed by atoms with Crippen molar-refractivity contribution in [3.05, 3.63) is 18.5 Å². The average Bonchev–Trinajstić information content (AvgIpc) is 2.11. The molecular weight excluding hydrogens is 148 g/mol. The first-order valence-corrected chi connectivity index (χ1v) is 5.21. The molecule has 0 saturated heterocycles. The molecular formula is C6H12N2OS. The maximum absolute atomic E-state index is 11.2. The first kappa shape index (κ1) is 7.50. The highest BCUT2D eigenvalue weighted by molar-refractivity contribution is 8.00. The predicted octanol–water partition coefficient (Wildman–Crippen LogP) is -0.0958. The zero-order valence-corrected chi connectivity index (χ0v) is 7.01. The van der Waals surface area contributed by atoms with Gasteiger partial charge in [0, 0.05) is 30.6 Å². The number of hydrogen-bond acceptors (Lipinski definition) is 1. The lowest BCUT2D eigenvalue weighted by molar-refractivity contribution is 0.675. The van der Waals surface area contributed by atoms with E-state index in [1.165, 1.54) is 0 Å². The topological polar surface area (TPSA) is 48.0 Å². The van der Waals surface area contributed by atoms with Crippen molar-refractivity contribution < 1.29 is 4.21 Å². The summed E-state index contributed by atoms with van der Waals surface area (Å²) in [5.41, 5.74) is 0. The van der Waals surface area contributed by atoms with Gasteiger partial charge in [0.2, 0.25) is 0 Å². The van der Waals surface area contributed by atoms with E-state index >= 15 is 0 Å². The van der Waals surface area contributed by atoms with E-state index in [-0.39, 0.29) is 0 Å². The van der Waals surface area contributed by atoms with Gasteiger partial charge in [0.05, 0.1) is 0 Å². The second kappa shape index (κ2) is 2.21. The van der Waals surface area contributed by atoms with Gasteiger partial charge >= 0.3 is 0 Å². The Balaban J connectivity index is 3.08. The number of hydrogen-bond donors (Lipinski definition) is 2. The van der Waals surface area contributed by atoms with Crippen molar-refractivity contribution in [2.75, 3.05) is 6.26 Å². The second-order valence-corrected chi connectivity index (χ2v) is 5.02. The molecule has 3 nitrogen and oxygen atoms in total. The maximum atomic E-state index is 11.2. The van der Waals surface area contributed by atoms with E-state index in [2.05, 4.69) is 0 Å². The Bertz CT molecular complexity index is 273. The highest BCUT2D eigenvalue weighted by Gasteiger charge is 2.04. The average molecular weight is 160 g/mol. The summed E-state index contributed by atoms with van der Waals surface area (Å²) in [4.78, 5) is 0.731. The van der Waals surface area contributed by atoms with Crippen LogP contribution in [0.4, 0.5) is 0 Å². The van der Waals surface area contributed by atoms with Gasteiger partial charge in [-0.2, -0.15) is 0 Å². The van der Waals surface area contributed by atoms with Gasteiger partial charge in [0.1, 0.15) is 0 Å². The molecule has 0 atom stereocenters. The van der Waals surface area contributed by atoms with Gasteiger partial charge in [-0.05, 0) is 16.2 Å². The molecule has 0 fully saturated rings. The Morgan fingerprint density at radius 1 is 1.70 bits per heavy atom. The number of nitrogens with zero attached hydrogens (tertiary/aromatic N) is 1. The number of rotatable bonds is 1. The van der Waals surface area contributed by atoms with Crippen LogP contribution in [0.3, 0.4) is 0 Å². The van der Waals surface area contributed by atoms with E-state index in [0.29, 0.717) is 0 Å². The highest BCUT2D eigenvalue weighted by Crippen LogP contribution is 2.09. The Labute approximate surface area is 61.4 Å². The predicted molar refractivity (Wildman–Crippen MR) is 43.3 cm³/mol. The minimum atomic E-state index is -2.52. The normalized spacial score (nSPS) is 13.5. The van der Waals surface area contributed by atoms with Crippen molar-refractivity contribution in [1.29, 1.82) is 0 Å². The summed E-state index contributed by atoms with van der Waals surface area (Å²) >= 11 is 0. The second-order valence-electron chi connectivity index (χ2n) is 2.53. The summed E-state index contributed by atoms with van der Waals surface area (Å²) in [6, 6.07) is 1.78. The summed E-state index contributed by atoms with van der Waals surface area (Å²) in [7, 11) is -0.644. The summed E-state index contributed by atoms with van der Waals surface area (Å²) < 4.78 is 13.0. The molecule has 58 valence electrons. The molecule has 0 aromatic carbocycles. The van der Waals surface area contributed by atoms with Gasteiger partial charge in [-0.3, -0.25) is 9.35 Å². The monoisotopic (exact) mass is 160 g/mol. The Kier molecular flexibility index (Phi) is 1.66. The van der Waals surface area contributed by atoms with Crippen molar-refractivity contribution in [3.8, 4) is 0 Å². The van der Waals surface area contributed by atoms with Crippen LogP contribution in [0.1, 0.15) is 0 Å². The van der Waals surface area contributed by atoms with Gasteiger partial charge in [-0.1, -0.05) is 0 Å². The lowest BCUT2D eigenvalue weighted by atomic mass is 10.7. The lowest BCUT2D eigenvalue weighted by Gasteiger charge is -2.08. The molecule has 10 heavy (non-hydrogen) atoms. The van der Waals surface area contributed by atoms with Crippen molar-refractivity contribution in [1.82, 2.24) is 4.57 Å². The van der Waals surface area contributed by atoms with Crippen molar-refractivity contribution in [2.45, 2.75) is 4.90 Å². The largest absolute Gasteiger partial charge is 0.356 e. The van der Waals surface area contributed by atoms with E-state index < -0.39 is 10.1 Å². The molecule has 1 heterocycles. The van der Waals surface area contributed by atoms with Crippen LogP contribution >= 0.6 is 0 Å². The third-order valence-corrected chi connectivity index (χ3v) is 2.62. The summed E-state index contributed by atoms with van der Waals surface area (Å²) in [5, 5.41) is 5.41. The van der Waals surface area contributed by atoms with Crippen LogP contribution in [-0.2, 0) is 17.2 Å². The highest BCUT2D eigenvalue weighted by atomic mass is 32.3. The van der Waals surface area contributed by atoms with Gasteiger partial charge in [0.25, 0.3) is 0 Å². The number of aryl methyl sites for hydroxylation is 1. The van der Waals surface area contributed by atoms with Crippen LogP contribution in [0, 0.1) is 0 Å². The van der Waals surface area contributed by atoms with E-state index in [4.69, 9.17) is 5.14 Å². The quantitative estimate of drug-likeness (QED) is 0.554. The molecule has 1 aromatic rings. The van der Waals surface area contributed by atoms with Crippen molar-refractivity contribution >= 4 is 10.1 Å². The molecule has 0 spiro atoms. The third kappa shape index (κ3) is 1.46. The summed E-state index contributed by atoms with van der Waals surface area (Å²) in [6.07, 6.45) is 5.17. The number of aromatic nitrogens is 1. The Morgan fingerprint density at radius 2 is 2.30 bits per heavy atom. The molecule has 1 rings (SSSR count). The molecule has 0 saturated carbocycles. The molecule has 0 aliphatic carbocycles. The first-order valence-electron chi connectivity index (χ1n) is 2.99. The van der Waals surface area contributed by atoms with Crippen LogP contribution in [0.15, 0.2) is 23.4 Å². The van der Waals surface area contributed by atoms with Crippen molar-refractivity contribution in [3.63, 3.8) is 0 Å². The standard InChI is InChI=1S/C6H12N2OS/c1-8-4-3-6(5-8)10(2,7)9/h3-5,10H,1-2H3,(H2,7,9). The van der Waals surface area contributed by atoms with Gasteiger partial charge in [-0.25, -0.2) is 0 Å². The van der Waals surface area contributed by atoms with E-state index in [0.717, 1.165) is 4.90 Å². The van der Waals surface area contributed by atoms with Gasteiger partial charge in [0.15, 0.2) is 0 Å². The smallest absolute Gasteiger partial charge is 0.0442 e. The van der Waals surface area contributed by atoms with Gasteiger partial charge in [-0.15, -0.1) is 0 Å². The van der Waals surface area contributed by atoms with Crippen LogP contribution < -0.4 is 5.14 Å². The van der Waals surface area contributed by atoms with Crippen LogP contribution in [0.5, 0.6) is 0 Å². The minimum Gasteiger partial charge on any atom is -0.356 e. The van der Waals surface area contributed by atoms with Gasteiger partial charge < -0.3 is 4.57 Å². The molecule has 1 aromatic heterocycles. The Morgan fingerprint density at radius 3 is 2.50 bits per heavy atom. The van der Waals surface area contributed by atoms with E-state index in [1.54, 1.807) is 18.5 Å². The fraction of sp³-hybridized carbons (Fsp3) is 0.333. The fourth-order valence-corrected chi connectivity index (χ4v) is 1.53. The van der Waals surface area contributed by atoms with E-state index in [9.17, 15) is 4.21 Å². The molecule has 0 bridgehead atoms.